The standard InChI is InChI=1S/C19H18N6O/c1-10-4-5-20-8-14(10)15-7-13-16(9-21-15)23-19(26)18(13)12(3)22-17-6-11(2)24-25-17/h4-9,23,26H,1-3H3,(H,24,25). The van der Waals surface area contributed by atoms with Crippen LogP contribution < -0.4 is 0 Å². The van der Waals surface area contributed by atoms with Gasteiger partial charge in [0.15, 0.2) is 11.7 Å². The number of pyridine rings is 2. The number of aromatic hydroxyl groups is 1. The molecule has 0 aliphatic rings. The molecule has 0 aliphatic heterocycles. The summed E-state index contributed by atoms with van der Waals surface area (Å²) in [6.45, 7) is 5.78. The van der Waals surface area contributed by atoms with Crippen molar-refractivity contribution >= 4 is 22.4 Å². The van der Waals surface area contributed by atoms with Gasteiger partial charge in [0.05, 0.1) is 28.7 Å². The molecule has 4 rings (SSSR count). The van der Waals surface area contributed by atoms with Crippen LogP contribution in [0.2, 0.25) is 0 Å². The van der Waals surface area contributed by atoms with Gasteiger partial charge >= 0.3 is 0 Å². The SMILES string of the molecule is CC(=Nc1cc(C)[nH]n1)c1c(O)[nH]c2cnc(-c3cnccc3C)cc12. The van der Waals surface area contributed by atoms with Crippen LogP contribution in [0.4, 0.5) is 5.82 Å². The Labute approximate surface area is 149 Å². The van der Waals surface area contributed by atoms with Gasteiger partial charge < -0.3 is 10.1 Å². The van der Waals surface area contributed by atoms with E-state index in [1.54, 1.807) is 18.6 Å². The summed E-state index contributed by atoms with van der Waals surface area (Å²) in [6.07, 6.45) is 5.27. The molecule has 0 saturated heterocycles. The van der Waals surface area contributed by atoms with Crippen LogP contribution >= 0.6 is 0 Å². The molecule has 4 heterocycles. The summed E-state index contributed by atoms with van der Waals surface area (Å²) in [5, 5.41) is 18.2. The van der Waals surface area contributed by atoms with Gasteiger partial charge in [-0.25, -0.2) is 4.99 Å². The molecule has 0 radical (unpaired) electrons. The van der Waals surface area contributed by atoms with E-state index >= 15 is 0 Å². The number of hydrogen-bond donors (Lipinski definition) is 3. The molecule has 0 amide bonds. The molecule has 130 valence electrons. The Morgan fingerprint density at radius 1 is 1.19 bits per heavy atom. The average molecular weight is 346 g/mol. The van der Waals surface area contributed by atoms with Crippen LogP contribution in [0.25, 0.3) is 22.2 Å². The molecule has 0 atom stereocenters. The molecule has 0 unspecified atom stereocenters. The Bertz CT molecular complexity index is 1140. The van der Waals surface area contributed by atoms with E-state index in [9.17, 15) is 5.11 Å². The average Bonchev–Trinajstić information content (AvgIpc) is 3.16. The van der Waals surface area contributed by atoms with Crippen molar-refractivity contribution in [3.05, 3.63) is 53.6 Å². The zero-order valence-corrected chi connectivity index (χ0v) is 14.7. The number of aromatic nitrogens is 5. The molecule has 0 spiro atoms. The fourth-order valence-corrected chi connectivity index (χ4v) is 3.01. The third-order valence-corrected chi connectivity index (χ3v) is 4.31. The zero-order valence-electron chi connectivity index (χ0n) is 14.7. The first-order valence-electron chi connectivity index (χ1n) is 8.22. The summed E-state index contributed by atoms with van der Waals surface area (Å²) in [4.78, 5) is 16.2. The van der Waals surface area contributed by atoms with Crippen molar-refractivity contribution in [1.29, 1.82) is 0 Å². The van der Waals surface area contributed by atoms with Crippen molar-refractivity contribution in [3.63, 3.8) is 0 Å². The lowest BCUT2D eigenvalue weighted by Gasteiger charge is -2.05. The molecular formula is C19H18N6O. The highest BCUT2D eigenvalue weighted by Crippen LogP contribution is 2.31. The molecule has 4 aromatic heterocycles. The Balaban J connectivity index is 1.87. The lowest BCUT2D eigenvalue weighted by atomic mass is 10.0. The van der Waals surface area contributed by atoms with E-state index in [-0.39, 0.29) is 5.88 Å². The highest BCUT2D eigenvalue weighted by atomic mass is 16.3. The number of rotatable bonds is 3. The van der Waals surface area contributed by atoms with Crippen LogP contribution in [0.15, 0.2) is 41.8 Å². The van der Waals surface area contributed by atoms with Gasteiger partial charge in [-0.3, -0.25) is 15.1 Å². The first-order chi connectivity index (χ1) is 12.5. The van der Waals surface area contributed by atoms with Crippen LogP contribution in [-0.2, 0) is 0 Å². The maximum atomic E-state index is 10.4. The molecule has 7 heteroatoms. The van der Waals surface area contributed by atoms with E-state index in [2.05, 4.69) is 30.1 Å². The van der Waals surface area contributed by atoms with Crippen molar-refractivity contribution < 1.29 is 5.11 Å². The topological polar surface area (TPSA) is 103 Å². The number of nitrogens with zero attached hydrogens (tertiary/aromatic N) is 4. The number of hydrogen-bond acceptors (Lipinski definition) is 5. The molecule has 0 aliphatic carbocycles. The Hall–Kier alpha value is -3.48. The summed E-state index contributed by atoms with van der Waals surface area (Å²) in [5.41, 5.74) is 5.83. The van der Waals surface area contributed by atoms with Gasteiger partial charge in [0.2, 0.25) is 0 Å². The molecule has 7 nitrogen and oxygen atoms in total. The van der Waals surface area contributed by atoms with E-state index < -0.39 is 0 Å². The maximum Gasteiger partial charge on any atom is 0.198 e. The summed E-state index contributed by atoms with van der Waals surface area (Å²) >= 11 is 0. The van der Waals surface area contributed by atoms with Crippen molar-refractivity contribution in [1.82, 2.24) is 25.1 Å². The van der Waals surface area contributed by atoms with Crippen molar-refractivity contribution in [3.8, 4) is 17.1 Å². The minimum atomic E-state index is 0.0652. The summed E-state index contributed by atoms with van der Waals surface area (Å²) in [5.74, 6) is 0.640. The van der Waals surface area contributed by atoms with Crippen LogP contribution in [0, 0.1) is 13.8 Å². The molecule has 26 heavy (non-hydrogen) atoms. The van der Waals surface area contributed by atoms with Crippen LogP contribution in [0.3, 0.4) is 0 Å². The number of nitrogens with one attached hydrogen (secondary N) is 2. The number of H-pyrrole nitrogens is 2. The first kappa shape index (κ1) is 16.0. The van der Waals surface area contributed by atoms with Gasteiger partial charge in [-0.2, -0.15) is 5.10 Å². The third-order valence-electron chi connectivity index (χ3n) is 4.31. The number of aromatic amines is 2. The van der Waals surface area contributed by atoms with Gasteiger partial charge in [-0.05, 0) is 38.5 Å². The second kappa shape index (κ2) is 6.11. The van der Waals surface area contributed by atoms with Gasteiger partial charge in [0.1, 0.15) is 0 Å². The van der Waals surface area contributed by atoms with E-state index in [1.807, 2.05) is 39.0 Å². The third kappa shape index (κ3) is 2.73. The van der Waals surface area contributed by atoms with Gasteiger partial charge in [-0.1, -0.05) is 0 Å². The molecule has 0 bridgehead atoms. The minimum Gasteiger partial charge on any atom is -0.494 e. The van der Waals surface area contributed by atoms with E-state index in [4.69, 9.17) is 0 Å². The quantitative estimate of drug-likeness (QED) is 0.491. The second-order valence-corrected chi connectivity index (χ2v) is 6.26. The predicted molar refractivity (Wildman–Crippen MR) is 101 cm³/mol. The van der Waals surface area contributed by atoms with Crippen molar-refractivity contribution in [2.75, 3.05) is 0 Å². The number of aryl methyl sites for hydroxylation is 2. The normalized spacial score (nSPS) is 12.0. The summed E-state index contributed by atoms with van der Waals surface area (Å²) < 4.78 is 0. The minimum absolute atomic E-state index is 0.0652. The number of aliphatic imine (C=N–C) groups is 1. The molecule has 3 N–H and O–H groups in total. The Morgan fingerprint density at radius 2 is 2.04 bits per heavy atom. The van der Waals surface area contributed by atoms with Crippen molar-refractivity contribution in [2.24, 2.45) is 4.99 Å². The largest absolute Gasteiger partial charge is 0.494 e. The molecule has 4 aromatic rings. The fraction of sp³-hybridized carbons (Fsp3) is 0.158. The highest BCUT2D eigenvalue weighted by Gasteiger charge is 2.16. The molecule has 0 saturated carbocycles. The molecule has 0 fully saturated rings. The monoisotopic (exact) mass is 346 g/mol. The van der Waals surface area contributed by atoms with Gasteiger partial charge in [0, 0.05) is 35.1 Å². The van der Waals surface area contributed by atoms with Crippen LogP contribution in [-0.4, -0.2) is 36.0 Å². The van der Waals surface area contributed by atoms with E-state index in [0.29, 0.717) is 17.1 Å². The highest BCUT2D eigenvalue weighted by molar-refractivity contribution is 6.13. The van der Waals surface area contributed by atoms with Crippen LogP contribution in [0.5, 0.6) is 5.88 Å². The second-order valence-electron chi connectivity index (χ2n) is 6.26. The number of fused-ring (bicyclic) bond motifs is 1. The zero-order chi connectivity index (χ0) is 18.3. The van der Waals surface area contributed by atoms with Crippen molar-refractivity contribution in [2.45, 2.75) is 20.8 Å². The van der Waals surface area contributed by atoms with E-state index in [1.165, 1.54) is 0 Å². The lowest BCUT2D eigenvalue weighted by molar-refractivity contribution is 0.457. The van der Waals surface area contributed by atoms with E-state index in [0.717, 1.165) is 33.4 Å². The molecular weight excluding hydrogens is 328 g/mol. The maximum absolute atomic E-state index is 10.4. The van der Waals surface area contributed by atoms with Gasteiger partial charge in [0.25, 0.3) is 0 Å². The Morgan fingerprint density at radius 3 is 2.77 bits per heavy atom. The summed E-state index contributed by atoms with van der Waals surface area (Å²) in [7, 11) is 0. The van der Waals surface area contributed by atoms with Gasteiger partial charge in [-0.15, -0.1) is 0 Å². The smallest absolute Gasteiger partial charge is 0.198 e. The predicted octanol–water partition coefficient (Wildman–Crippen LogP) is 3.81. The molecule has 0 aromatic carbocycles. The lowest BCUT2D eigenvalue weighted by Crippen LogP contribution is -1.94. The fourth-order valence-electron chi connectivity index (χ4n) is 3.01. The van der Waals surface area contributed by atoms with Crippen LogP contribution in [0.1, 0.15) is 23.7 Å². The Kier molecular flexibility index (Phi) is 3.76. The summed E-state index contributed by atoms with van der Waals surface area (Å²) in [6, 6.07) is 5.74. The first-order valence-corrected chi connectivity index (χ1v) is 8.22.